The van der Waals surface area contributed by atoms with E-state index in [9.17, 15) is 14.4 Å². The van der Waals surface area contributed by atoms with Crippen LogP contribution < -0.4 is 10.2 Å². The van der Waals surface area contributed by atoms with Crippen LogP contribution in [0.15, 0.2) is 42.5 Å². The number of amides is 3. The number of carbonyl (C=O) groups is 3. The van der Waals surface area contributed by atoms with Crippen LogP contribution >= 0.6 is 0 Å². The molecule has 0 saturated carbocycles. The van der Waals surface area contributed by atoms with Gasteiger partial charge >= 0.3 is 0 Å². The SMILES string of the molecule is CC(=O)NC[C@@]12C=C[C@@H](O1)[C@@H]1C(=O)N(c3ccccc3)C(=O)[C@H]12. The van der Waals surface area contributed by atoms with Crippen LogP contribution in [0.2, 0.25) is 0 Å². The largest absolute Gasteiger partial charge is 0.360 e. The van der Waals surface area contributed by atoms with Gasteiger partial charge in [0.1, 0.15) is 5.60 Å². The minimum atomic E-state index is -0.919. The first kappa shape index (κ1) is 14.1. The number of nitrogens with one attached hydrogen (secondary N) is 1. The third-order valence-electron chi connectivity index (χ3n) is 4.78. The molecule has 2 fully saturated rings. The summed E-state index contributed by atoms with van der Waals surface area (Å²) < 4.78 is 5.91. The van der Waals surface area contributed by atoms with E-state index in [-0.39, 0.29) is 24.3 Å². The third kappa shape index (κ3) is 1.88. The Labute approximate surface area is 133 Å². The van der Waals surface area contributed by atoms with E-state index in [0.717, 1.165) is 0 Å². The number of benzene rings is 1. The van der Waals surface area contributed by atoms with Gasteiger partial charge in [0.25, 0.3) is 0 Å². The van der Waals surface area contributed by atoms with Crippen LogP contribution in [0.1, 0.15) is 6.92 Å². The maximum absolute atomic E-state index is 12.9. The Morgan fingerprint density at radius 3 is 2.70 bits per heavy atom. The minimum Gasteiger partial charge on any atom is -0.360 e. The van der Waals surface area contributed by atoms with Crippen LogP contribution in [-0.4, -0.2) is 36.0 Å². The van der Waals surface area contributed by atoms with Gasteiger partial charge in [-0.15, -0.1) is 0 Å². The van der Waals surface area contributed by atoms with Gasteiger partial charge in [0.2, 0.25) is 17.7 Å². The molecule has 3 aliphatic heterocycles. The van der Waals surface area contributed by atoms with Crippen molar-refractivity contribution >= 4 is 23.4 Å². The first-order chi connectivity index (χ1) is 11.0. The highest BCUT2D eigenvalue weighted by atomic mass is 16.5. The van der Waals surface area contributed by atoms with E-state index in [2.05, 4.69) is 5.32 Å². The molecule has 6 heteroatoms. The molecule has 0 aromatic heterocycles. The molecule has 0 aliphatic carbocycles. The summed E-state index contributed by atoms with van der Waals surface area (Å²) >= 11 is 0. The number of anilines is 1. The highest BCUT2D eigenvalue weighted by Crippen LogP contribution is 2.52. The number of nitrogens with zero attached hydrogens (tertiary/aromatic N) is 1. The Hall–Kier alpha value is -2.47. The average molecular weight is 312 g/mol. The number of para-hydroxylation sites is 1. The number of hydrogen-bond acceptors (Lipinski definition) is 4. The Bertz CT molecular complexity index is 729. The van der Waals surface area contributed by atoms with Crippen molar-refractivity contribution in [3.63, 3.8) is 0 Å². The van der Waals surface area contributed by atoms with Crippen LogP contribution in [0.4, 0.5) is 5.69 Å². The smallest absolute Gasteiger partial charge is 0.241 e. The molecule has 2 saturated heterocycles. The van der Waals surface area contributed by atoms with E-state index in [0.29, 0.717) is 5.69 Å². The lowest BCUT2D eigenvalue weighted by molar-refractivity contribution is -0.128. The molecule has 1 aromatic rings. The standard InChI is InChI=1S/C17H16N2O4/c1-10(20)18-9-17-8-7-12(23-17)13-14(17)16(22)19(15(13)21)11-5-3-2-4-6-11/h2-8,12-14H,9H2,1H3,(H,18,20)/t12-,13+,14+,17-/m1/s1. The maximum atomic E-state index is 12.9. The van der Waals surface area contributed by atoms with Crippen LogP contribution in [0.3, 0.4) is 0 Å². The van der Waals surface area contributed by atoms with Gasteiger partial charge in [0, 0.05) is 6.92 Å². The Morgan fingerprint density at radius 1 is 1.26 bits per heavy atom. The third-order valence-corrected chi connectivity index (χ3v) is 4.78. The molecule has 118 valence electrons. The molecule has 3 heterocycles. The van der Waals surface area contributed by atoms with E-state index in [1.54, 1.807) is 24.3 Å². The zero-order chi connectivity index (χ0) is 16.2. The highest BCUT2D eigenvalue weighted by Gasteiger charge is 2.67. The molecule has 0 radical (unpaired) electrons. The van der Waals surface area contributed by atoms with E-state index in [4.69, 9.17) is 4.74 Å². The molecule has 0 spiro atoms. The van der Waals surface area contributed by atoms with Crippen molar-refractivity contribution in [2.75, 3.05) is 11.4 Å². The number of ether oxygens (including phenoxy) is 1. The van der Waals surface area contributed by atoms with Gasteiger partial charge < -0.3 is 10.1 Å². The lowest BCUT2D eigenvalue weighted by Gasteiger charge is -2.28. The first-order valence-corrected chi connectivity index (χ1v) is 7.58. The first-order valence-electron chi connectivity index (χ1n) is 7.58. The molecule has 23 heavy (non-hydrogen) atoms. The molecule has 4 atom stereocenters. The summed E-state index contributed by atoms with van der Waals surface area (Å²) in [7, 11) is 0. The van der Waals surface area contributed by atoms with Gasteiger partial charge in [-0.25, -0.2) is 4.90 Å². The predicted octanol–water partition coefficient (Wildman–Crippen LogP) is 0.636. The fourth-order valence-corrected chi connectivity index (χ4v) is 3.80. The van der Waals surface area contributed by atoms with Crippen molar-refractivity contribution < 1.29 is 19.1 Å². The molecule has 0 unspecified atom stereocenters. The van der Waals surface area contributed by atoms with Crippen molar-refractivity contribution in [2.24, 2.45) is 11.8 Å². The molecule has 3 amide bonds. The van der Waals surface area contributed by atoms with Crippen molar-refractivity contribution in [1.82, 2.24) is 5.32 Å². The predicted molar refractivity (Wildman–Crippen MR) is 81.3 cm³/mol. The Balaban J connectivity index is 1.70. The Kier molecular flexibility index (Phi) is 2.93. The van der Waals surface area contributed by atoms with E-state index >= 15 is 0 Å². The fourth-order valence-electron chi connectivity index (χ4n) is 3.80. The summed E-state index contributed by atoms with van der Waals surface area (Å²) in [4.78, 5) is 38.2. The van der Waals surface area contributed by atoms with Gasteiger partial charge in [-0.3, -0.25) is 14.4 Å². The monoisotopic (exact) mass is 312 g/mol. The number of fused-ring (bicyclic) bond motifs is 5. The summed E-state index contributed by atoms with van der Waals surface area (Å²) in [6.45, 7) is 1.61. The zero-order valence-electron chi connectivity index (χ0n) is 12.6. The van der Waals surface area contributed by atoms with Gasteiger partial charge in [0.15, 0.2) is 0 Å². The molecular weight excluding hydrogens is 296 g/mol. The molecule has 1 N–H and O–H groups in total. The fraction of sp³-hybridized carbons (Fsp3) is 0.353. The van der Waals surface area contributed by atoms with Gasteiger partial charge in [-0.05, 0) is 12.1 Å². The molecule has 2 bridgehead atoms. The number of hydrogen-bond donors (Lipinski definition) is 1. The van der Waals surface area contributed by atoms with Crippen molar-refractivity contribution in [3.05, 3.63) is 42.5 Å². The van der Waals surface area contributed by atoms with Crippen LogP contribution in [0.5, 0.6) is 0 Å². The van der Waals surface area contributed by atoms with Crippen LogP contribution in [0.25, 0.3) is 0 Å². The van der Waals surface area contributed by atoms with E-state index in [1.807, 2.05) is 18.2 Å². The highest BCUT2D eigenvalue weighted by molar-refractivity contribution is 6.23. The van der Waals surface area contributed by atoms with Crippen molar-refractivity contribution in [1.29, 1.82) is 0 Å². The average Bonchev–Trinajstić information content (AvgIpc) is 3.17. The molecule has 1 aromatic carbocycles. The van der Waals surface area contributed by atoms with Gasteiger partial charge in [-0.2, -0.15) is 0 Å². The summed E-state index contributed by atoms with van der Waals surface area (Å²) in [5.74, 6) is -1.79. The minimum absolute atomic E-state index is 0.193. The number of rotatable bonds is 3. The lowest BCUT2D eigenvalue weighted by Crippen LogP contribution is -2.48. The Morgan fingerprint density at radius 2 is 2.00 bits per heavy atom. The quantitative estimate of drug-likeness (QED) is 0.656. The topological polar surface area (TPSA) is 75.7 Å². The number of carbonyl (C=O) groups excluding carboxylic acids is 3. The lowest BCUT2D eigenvalue weighted by atomic mass is 9.77. The second-order valence-electron chi connectivity index (χ2n) is 6.16. The summed E-state index contributed by atoms with van der Waals surface area (Å²) in [6, 6.07) is 8.91. The van der Waals surface area contributed by atoms with Crippen LogP contribution in [0, 0.1) is 11.8 Å². The van der Waals surface area contributed by atoms with Crippen LogP contribution in [-0.2, 0) is 19.1 Å². The molecule has 6 nitrogen and oxygen atoms in total. The maximum Gasteiger partial charge on any atom is 0.241 e. The van der Waals surface area contributed by atoms with E-state index in [1.165, 1.54) is 11.8 Å². The van der Waals surface area contributed by atoms with Crippen molar-refractivity contribution in [3.8, 4) is 0 Å². The second kappa shape index (κ2) is 4.76. The summed E-state index contributed by atoms with van der Waals surface area (Å²) in [5, 5.41) is 2.71. The molecule has 4 rings (SSSR count). The molecule has 3 aliphatic rings. The van der Waals surface area contributed by atoms with E-state index < -0.39 is 23.5 Å². The normalized spacial score (nSPS) is 34.1. The zero-order valence-corrected chi connectivity index (χ0v) is 12.6. The van der Waals surface area contributed by atoms with Gasteiger partial charge in [0.05, 0.1) is 30.2 Å². The molecular formula is C17H16N2O4. The van der Waals surface area contributed by atoms with Crippen molar-refractivity contribution in [2.45, 2.75) is 18.6 Å². The summed E-state index contributed by atoms with van der Waals surface area (Å²) in [5.41, 5.74) is -0.344. The number of imide groups is 1. The van der Waals surface area contributed by atoms with Gasteiger partial charge in [-0.1, -0.05) is 30.4 Å². The summed E-state index contributed by atoms with van der Waals surface area (Å²) in [6.07, 6.45) is 3.23. The second-order valence-corrected chi connectivity index (χ2v) is 6.16.